The Balaban J connectivity index is 0. The fourth-order valence-electron chi connectivity index (χ4n) is 0. The summed E-state index contributed by atoms with van der Waals surface area (Å²) in [7, 11) is 9.90. The van der Waals surface area contributed by atoms with E-state index < -0.39 is 15.1 Å². The van der Waals surface area contributed by atoms with Gasteiger partial charge in [-0.05, 0) is 6.42 Å². The first-order chi connectivity index (χ1) is 3.33. The number of hydrogen-bond donors (Lipinski definition) is 1. The summed E-state index contributed by atoms with van der Waals surface area (Å²) < 4.78 is 0. The van der Waals surface area contributed by atoms with Gasteiger partial charge >= 0.3 is 34.5 Å². The fraction of sp³-hybridized carbons (Fsp3) is 1.00. The van der Waals surface area contributed by atoms with Gasteiger partial charge in [-0.3, -0.25) is 0 Å². The van der Waals surface area contributed by atoms with Crippen molar-refractivity contribution in [1.29, 1.82) is 0 Å². The Labute approximate surface area is 59.7 Å². The topological polar surface area (TPSA) is 20.2 Å². The summed E-state index contributed by atoms with van der Waals surface area (Å²) in [5.74, 6) is 0. The van der Waals surface area contributed by atoms with Crippen molar-refractivity contribution < 1.29 is 20.3 Å². The predicted molar refractivity (Wildman–Crippen MR) is 29.1 cm³/mol. The van der Waals surface area contributed by atoms with Gasteiger partial charge in [-0.25, -0.2) is 0 Å². The summed E-state index contributed by atoms with van der Waals surface area (Å²) >= 11 is -0.931. The first-order valence-electron chi connectivity index (χ1n) is 2.06. The van der Waals surface area contributed by atoms with E-state index in [4.69, 9.17) is 24.5 Å². The van der Waals surface area contributed by atoms with Gasteiger partial charge < -0.3 is 5.11 Å². The van der Waals surface area contributed by atoms with Crippen LogP contribution in [0.1, 0.15) is 13.3 Å². The van der Waals surface area contributed by atoms with Crippen molar-refractivity contribution >= 4 is 19.4 Å². The summed E-state index contributed by atoms with van der Waals surface area (Å²) in [6.07, 6.45) is 0.875. The minimum atomic E-state index is -0.931. The van der Waals surface area contributed by atoms with Crippen LogP contribution in [0.2, 0.25) is 0 Å². The Kier molecular flexibility index (Phi) is 24.7. The van der Waals surface area contributed by atoms with E-state index in [9.17, 15) is 0 Å². The van der Waals surface area contributed by atoms with E-state index in [0.717, 1.165) is 6.42 Å². The van der Waals surface area contributed by atoms with Crippen LogP contribution in [0.3, 0.4) is 0 Å². The summed E-state index contributed by atoms with van der Waals surface area (Å²) in [6.45, 7) is 2.25. The van der Waals surface area contributed by atoms with Crippen LogP contribution in [0.15, 0.2) is 0 Å². The number of aliphatic hydroxyl groups is 1. The van der Waals surface area contributed by atoms with Crippen LogP contribution in [0.5, 0.6) is 0 Å². The van der Waals surface area contributed by atoms with Gasteiger partial charge in [-0.15, -0.1) is 0 Å². The summed E-state index contributed by atoms with van der Waals surface area (Å²) in [5, 5.41) is 7.88. The molecule has 0 radical (unpaired) electrons. The van der Waals surface area contributed by atoms with Crippen LogP contribution in [-0.4, -0.2) is 11.7 Å². The molecule has 0 heterocycles. The molecule has 7 heavy (non-hydrogen) atoms. The monoisotopic (exact) mass is 194 g/mol. The van der Waals surface area contributed by atoms with E-state index >= 15 is 0 Å². The normalized spacial score (nSPS) is 5.71. The number of halogens is 2. The maximum absolute atomic E-state index is 7.88. The van der Waals surface area contributed by atoms with Crippen molar-refractivity contribution in [3.63, 3.8) is 0 Å². The molecule has 0 bridgehead atoms. The zero-order chi connectivity index (χ0) is 6.12. The molecule has 1 nitrogen and oxygen atoms in total. The molecule has 0 aliphatic carbocycles. The summed E-state index contributed by atoms with van der Waals surface area (Å²) in [6, 6.07) is 0. The average Bonchev–Trinajstić information content (AvgIpc) is 1.69. The summed E-state index contributed by atoms with van der Waals surface area (Å²) in [4.78, 5) is 0. The molecular formula is C3H8Cl2OZn. The average molecular weight is 196 g/mol. The van der Waals surface area contributed by atoms with Crippen molar-refractivity contribution in [1.82, 2.24) is 0 Å². The first-order valence-corrected chi connectivity index (χ1v) is 9.86. The minimum absolute atomic E-state index is 0.319. The van der Waals surface area contributed by atoms with E-state index in [1.807, 2.05) is 6.92 Å². The maximum atomic E-state index is 7.88. The molecule has 0 aliphatic heterocycles. The van der Waals surface area contributed by atoms with Gasteiger partial charge in [-0.2, -0.15) is 0 Å². The van der Waals surface area contributed by atoms with Crippen molar-refractivity contribution in [2.45, 2.75) is 13.3 Å². The van der Waals surface area contributed by atoms with Crippen molar-refractivity contribution in [2.75, 3.05) is 6.61 Å². The van der Waals surface area contributed by atoms with Crippen LogP contribution in [0.4, 0.5) is 0 Å². The third-order valence-electron chi connectivity index (χ3n) is 0.224. The number of rotatable bonds is 1. The van der Waals surface area contributed by atoms with Gasteiger partial charge in [-0.1, -0.05) is 6.92 Å². The Morgan fingerprint density at radius 3 is 1.71 bits per heavy atom. The number of aliphatic hydroxyl groups excluding tert-OH is 1. The molecule has 1 N–H and O–H groups in total. The van der Waals surface area contributed by atoms with Crippen LogP contribution in [0.25, 0.3) is 0 Å². The molecule has 0 aromatic heterocycles. The molecule has 0 unspecified atom stereocenters. The van der Waals surface area contributed by atoms with Gasteiger partial charge in [0.2, 0.25) is 0 Å². The van der Waals surface area contributed by atoms with Gasteiger partial charge in [0, 0.05) is 6.61 Å². The van der Waals surface area contributed by atoms with E-state index in [-0.39, 0.29) is 0 Å². The molecule has 0 saturated heterocycles. The third kappa shape index (κ3) is 40.8. The van der Waals surface area contributed by atoms with Crippen molar-refractivity contribution in [3.05, 3.63) is 0 Å². The van der Waals surface area contributed by atoms with E-state index in [0.29, 0.717) is 6.61 Å². The Bertz CT molecular complexity index is 20.4. The van der Waals surface area contributed by atoms with Crippen LogP contribution < -0.4 is 0 Å². The standard InChI is InChI=1S/C3H8O.2ClH.Zn/c1-2-3-4;;;/h4H,2-3H2,1H3;2*1H;/q;;;+2/p-2. The fourth-order valence-corrected chi connectivity index (χ4v) is 0. The van der Waals surface area contributed by atoms with Gasteiger partial charge in [0.1, 0.15) is 0 Å². The zero-order valence-corrected chi connectivity index (χ0v) is 8.80. The molecule has 0 atom stereocenters. The Morgan fingerprint density at radius 1 is 1.57 bits per heavy atom. The summed E-state index contributed by atoms with van der Waals surface area (Å²) in [5.41, 5.74) is 0. The van der Waals surface area contributed by atoms with E-state index in [1.165, 1.54) is 0 Å². The molecule has 0 spiro atoms. The van der Waals surface area contributed by atoms with E-state index in [2.05, 4.69) is 0 Å². The van der Waals surface area contributed by atoms with Crippen molar-refractivity contribution in [2.24, 2.45) is 0 Å². The SMILES string of the molecule is CCCO.[Cl][Zn][Cl]. The molecule has 4 heteroatoms. The molecule has 0 amide bonds. The predicted octanol–water partition coefficient (Wildman–Crippen LogP) is 1.77. The molecular weight excluding hydrogens is 188 g/mol. The molecule has 42 valence electrons. The van der Waals surface area contributed by atoms with Crippen molar-refractivity contribution in [3.8, 4) is 0 Å². The van der Waals surface area contributed by atoms with Crippen LogP contribution in [0, 0.1) is 0 Å². The second kappa shape index (κ2) is 15.7. The quantitative estimate of drug-likeness (QED) is 0.634. The first kappa shape index (κ1) is 11.0. The second-order valence-electron chi connectivity index (χ2n) is 0.825. The van der Waals surface area contributed by atoms with Crippen LogP contribution in [-0.2, 0) is 15.1 Å². The van der Waals surface area contributed by atoms with E-state index in [1.54, 1.807) is 0 Å². The molecule has 0 aliphatic rings. The number of hydrogen-bond acceptors (Lipinski definition) is 1. The molecule has 0 saturated carbocycles. The molecule has 0 aromatic rings. The van der Waals surface area contributed by atoms with Gasteiger partial charge in [0.15, 0.2) is 0 Å². The van der Waals surface area contributed by atoms with Gasteiger partial charge in [0.05, 0.1) is 0 Å². The second-order valence-corrected chi connectivity index (χ2v) is 5.45. The zero-order valence-electron chi connectivity index (χ0n) is 4.32. The molecule has 0 aromatic carbocycles. The Hall–Kier alpha value is 1.16. The van der Waals surface area contributed by atoms with Crippen LogP contribution >= 0.6 is 19.4 Å². The third-order valence-corrected chi connectivity index (χ3v) is 0.224. The molecule has 0 fully saturated rings. The molecule has 0 rings (SSSR count). The van der Waals surface area contributed by atoms with Gasteiger partial charge in [0.25, 0.3) is 0 Å². The Morgan fingerprint density at radius 2 is 1.71 bits per heavy atom.